The van der Waals surface area contributed by atoms with Crippen LogP contribution in [0.5, 0.6) is 0 Å². The van der Waals surface area contributed by atoms with Crippen molar-refractivity contribution >= 4 is 28.5 Å². The van der Waals surface area contributed by atoms with Gasteiger partial charge in [0.1, 0.15) is 6.04 Å². The Balaban J connectivity index is 1.37. The number of rotatable bonds is 5. The zero-order valence-electron chi connectivity index (χ0n) is 15.9. The van der Waals surface area contributed by atoms with Crippen molar-refractivity contribution in [3.8, 4) is 0 Å². The van der Waals surface area contributed by atoms with E-state index in [0.717, 1.165) is 16.7 Å². The Morgan fingerprint density at radius 2 is 1.86 bits per heavy atom. The maximum Gasteiger partial charge on any atom is 0.252 e. The molecule has 1 fully saturated rings. The number of piperazine rings is 1. The summed E-state index contributed by atoms with van der Waals surface area (Å²) in [6.45, 7) is 2.05. The number of aliphatic hydroxyl groups excluding tert-OH is 1. The van der Waals surface area contributed by atoms with E-state index in [9.17, 15) is 14.7 Å². The maximum atomic E-state index is 12.8. The zero-order valence-corrected chi connectivity index (χ0v) is 15.9. The van der Waals surface area contributed by atoms with Crippen molar-refractivity contribution in [2.45, 2.75) is 6.04 Å². The van der Waals surface area contributed by atoms with Gasteiger partial charge in [-0.3, -0.25) is 9.59 Å². The molecule has 29 heavy (non-hydrogen) atoms. The van der Waals surface area contributed by atoms with Crippen LogP contribution in [0.2, 0.25) is 0 Å². The fraction of sp³-hybridized carbons (Fsp3) is 0.286. The highest BCUT2D eigenvalue weighted by molar-refractivity contribution is 5.99. The number of carbonyl (C=O) groups excluding carboxylic acids is 2. The number of imidazole rings is 1. The van der Waals surface area contributed by atoms with Crippen LogP contribution in [0.1, 0.15) is 10.4 Å². The largest absolute Gasteiger partial charge is 0.394 e. The van der Waals surface area contributed by atoms with E-state index in [1.165, 1.54) is 0 Å². The second-order valence-electron chi connectivity index (χ2n) is 6.99. The molecule has 1 saturated heterocycles. The summed E-state index contributed by atoms with van der Waals surface area (Å²) in [6, 6.07) is 14.1. The number of anilines is 1. The number of aliphatic hydroxyl groups is 1. The highest BCUT2D eigenvalue weighted by Crippen LogP contribution is 2.16. The smallest absolute Gasteiger partial charge is 0.252 e. The third kappa shape index (κ3) is 4.07. The molecule has 1 aliphatic heterocycles. The van der Waals surface area contributed by atoms with Crippen LogP contribution in [0, 0.1) is 0 Å². The topological polar surface area (TPSA) is 102 Å². The average Bonchev–Trinajstić information content (AvgIpc) is 3.25. The molecular formula is C21H23N5O3. The van der Waals surface area contributed by atoms with Crippen molar-refractivity contribution in [1.82, 2.24) is 20.2 Å². The highest BCUT2D eigenvalue weighted by Gasteiger charge is 2.28. The van der Waals surface area contributed by atoms with Gasteiger partial charge in [-0.25, -0.2) is 4.98 Å². The van der Waals surface area contributed by atoms with E-state index in [1.54, 1.807) is 29.4 Å². The number of benzene rings is 2. The van der Waals surface area contributed by atoms with Crippen molar-refractivity contribution in [1.29, 1.82) is 0 Å². The van der Waals surface area contributed by atoms with Gasteiger partial charge in [-0.2, -0.15) is 0 Å². The number of aromatic nitrogens is 2. The van der Waals surface area contributed by atoms with E-state index in [-0.39, 0.29) is 5.91 Å². The second-order valence-corrected chi connectivity index (χ2v) is 6.99. The molecule has 1 atom stereocenters. The Labute approximate surface area is 168 Å². The van der Waals surface area contributed by atoms with Crippen molar-refractivity contribution in [2.75, 3.05) is 37.7 Å². The number of nitrogens with one attached hydrogen (secondary N) is 2. The number of nitrogens with zero attached hydrogens (tertiary/aromatic N) is 3. The molecule has 8 heteroatoms. The normalized spacial score (nSPS) is 15.3. The van der Waals surface area contributed by atoms with E-state index in [0.29, 0.717) is 31.7 Å². The van der Waals surface area contributed by atoms with Gasteiger partial charge in [0.25, 0.3) is 5.91 Å². The van der Waals surface area contributed by atoms with Gasteiger partial charge in [0.15, 0.2) is 0 Å². The number of H-pyrrole nitrogens is 1. The number of amides is 2. The zero-order chi connectivity index (χ0) is 20.2. The van der Waals surface area contributed by atoms with Gasteiger partial charge in [0.2, 0.25) is 5.91 Å². The minimum absolute atomic E-state index is 0.267. The van der Waals surface area contributed by atoms with E-state index in [1.807, 2.05) is 30.3 Å². The van der Waals surface area contributed by atoms with Crippen LogP contribution in [0.15, 0.2) is 54.9 Å². The SMILES string of the molecule is O=C(NC(CO)C(=O)N1CCN(c2ccccc2)CC1)c1ccc2nc[nH]c2c1. The van der Waals surface area contributed by atoms with Crippen LogP contribution in [-0.4, -0.2) is 70.6 Å². The number of para-hydroxylation sites is 1. The predicted molar refractivity (Wildman–Crippen MR) is 110 cm³/mol. The molecule has 0 spiro atoms. The molecular weight excluding hydrogens is 370 g/mol. The molecule has 4 rings (SSSR count). The summed E-state index contributed by atoms with van der Waals surface area (Å²) in [5.41, 5.74) is 3.02. The molecule has 1 unspecified atom stereocenters. The van der Waals surface area contributed by atoms with Gasteiger partial charge in [0.05, 0.1) is 24.0 Å². The Hall–Kier alpha value is -3.39. The number of fused-ring (bicyclic) bond motifs is 1. The quantitative estimate of drug-likeness (QED) is 0.600. The Morgan fingerprint density at radius 1 is 1.10 bits per heavy atom. The lowest BCUT2D eigenvalue weighted by molar-refractivity contribution is -0.134. The number of carbonyl (C=O) groups is 2. The maximum absolute atomic E-state index is 12.8. The molecule has 0 bridgehead atoms. The van der Waals surface area contributed by atoms with Crippen molar-refractivity contribution < 1.29 is 14.7 Å². The summed E-state index contributed by atoms with van der Waals surface area (Å²) in [5, 5.41) is 12.4. The lowest BCUT2D eigenvalue weighted by Gasteiger charge is -2.37. The molecule has 1 aromatic heterocycles. The van der Waals surface area contributed by atoms with E-state index >= 15 is 0 Å². The number of aromatic amines is 1. The van der Waals surface area contributed by atoms with Gasteiger partial charge < -0.3 is 25.2 Å². The summed E-state index contributed by atoms with van der Waals surface area (Å²) in [6.07, 6.45) is 1.56. The van der Waals surface area contributed by atoms with Crippen LogP contribution < -0.4 is 10.2 Å². The average molecular weight is 393 g/mol. The Morgan fingerprint density at radius 3 is 2.59 bits per heavy atom. The van der Waals surface area contributed by atoms with Gasteiger partial charge >= 0.3 is 0 Å². The fourth-order valence-corrected chi connectivity index (χ4v) is 3.55. The summed E-state index contributed by atoms with van der Waals surface area (Å²) < 4.78 is 0. The third-order valence-electron chi connectivity index (χ3n) is 5.18. The molecule has 0 radical (unpaired) electrons. The summed E-state index contributed by atoms with van der Waals surface area (Å²) in [7, 11) is 0. The summed E-state index contributed by atoms with van der Waals surface area (Å²) >= 11 is 0. The van der Waals surface area contributed by atoms with Gasteiger partial charge in [-0.1, -0.05) is 18.2 Å². The molecule has 150 valence electrons. The molecule has 1 aliphatic rings. The minimum atomic E-state index is -0.969. The molecule has 2 heterocycles. The first kappa shape index (κ1) is 18.9. The molecule has 2 amide bonds. The number of hydrogen-bond donors (Lipinski definition) is 3. The van der Waals surface area contributed by atoms with Crippen LogP contribution in [-0.2, 0) is 4.79 Å². The lowest BCUT2D eigenvalue weighted by atomic mass is 10.1. The van der Waals surface area contributed by atoms with Crippen molar-refractivity contribution in [3.63, 3.8) is 0 Å². The van der Waals surface area contributed by atoms with E-state index in [4.69, 9.17) is 0 Å². The molecule has 0 aliphatic carbocycles. The van der Waals surface area contributed by atoms with Crippen molar-refractivity contribution in [2.24, 2.45) is 0 Å². The first-order valence-corrected chi connectivity index (χ1v) is 9.59. The fourth-order valence-electron chi connectivity index (χ4n) is 3.55. The predicted octanol–water partition coefficient (Wildman–Crippen LogP) is 1.00. The van der Waals surface area contributed by atoms with E-state index in [2.05, 4.69) is 20.2 Å². The third-order valence-corrected chi connectivity index (χ3v) is 5.18. The standard InChI is InChI=1S/C21H23N5O3/c27-13-19(24-20(28)15-6-7-17-18(12-15)23-14-22-17)21(29)26-10-8-25(9-11-26)16-4-2-1-3-5-16/h1-7,12,14,19,27H,8-11,13H2,(H,22,23)(H,24,28). The van der Waals surface area contributed by atoms with Crippen LogP contribution in [0.25, 0.3) is 11.0 Å². The monoisotopic (exact) mass is 393 g/mol. The van der Waals surface area contributed by atoms with Crippen LogP contribution in [0.3, 0.4) is 0 Å². The molecule has 3 aromatic rings. The van der Waals surface area contributed by atoms with Crippen LogP contribution >= 0.6 is 0 Å². The molecule has 8 nitrogen and oxygen atoms in total. The van der Waals surface area contributed by atoms with Gasteiger partial charge in [-0.05, 0) is 30.3 Å². The molecule has 3 N–H and O–H groups in total. The Bertz CT molecular complexity index is 996. The van der Waals surface area contributed by atoms with Gasteiger partial charge in [0, 0.05) is 37.4 Å². The first-order valence-electron chi connectivity index (χ1n) is 9.59. The first-order chi connectivity index (χ1) is 14.2. The Kier molecular flexibility index (Phi) is 5.44. The van der Waals surface area contributed by atoms with Crippen LogP contribution in [0.4, 0.5) is 5.69 Å². The lowest BCUT2D eigenvalue weighted by Crippen LogP contribution is -2.56. The summed E-state index contributed by atoms with van der Waals surface area (Å²) in [5.74, 6) is -0.673. The summed E-state index contributed by atoms with van der Waals surface area (Å²) in [4.78, 5) is 36.4. The highest BCUT2D eigenvalue weighted by atomic mass is 16.3. The molecule has 2 aromatic carbocycles. The van der Waals surface area contributed by atoms with Crippen molar-refractivity contribution in [3.05, 3.63) is 60.4 Å². The second kappa shape index (κ2) is 8.32. The van der Waals surface area contributed by atoms with Gasteiger partial charge in [-0.15, -0.1) is 0 Å². The minimum Gasteiger partial charge on any atom is -0.394 e. The number of hydrogen-bond acceptors (Lipinski definition) is 5. The molecule has 0 saturated carbocycles. The van der Waals surface area contributed by atoms with E-state index < -0.39 is 18.6 Å².